The molecule has 0 spiro atoms. The van der Waals surface area contributed by atoms with Gasteiger partial charge in [-0.15, -0.1) is 0 Å². The molecule has 0 saturated heterocycles. The molecule has 0 bridgehead atoms. The minimum atomic E-state index is -0.648. The summed E-state index contributed by atoms with van der Waals surface area (Å²) in [5.74, 6) is 0.520. The number of aromatic nitrogens is 2. The molecule has 0 saturated carbocycles. The van der Waals surface area contributed by atoms with Gasteiger partial charge in [-0.3, -0.25) is 5.32 Å². The molecule has 1 aromatic heterocycles. The number of hydrogen-bond donors (Lipinski definition) is 3. The highest BCUT2D eigenvalue weighted by Crippen LogP contribution is 2.27. The van der Waals surface area contributed by atoms with Gasteiger partial charge in [-0.05, 0) is 19.1 Å². The van der Waals surface area contributed by atoms with Gasteiger partial charge in [-0.1, -0.05) is 18.2 Å². The number of nitrogens with two attached hydrogens (primary N) is 1. The summed E-state index contributed by atoms with van der Waals surface area (Å²) in [5, 5.41) is 10.3. The average Bonchev–Trinajstić information content (AvgIpc) is 2.92. The van der Waals surface area contributed by atoms with Gasteiger partial charge in [0.25, 0.3) is 0 Å². The first-order valence-corrected chi connectivity index (χ1v) is 7.34. The van der Waals surface area contributed by atoms with Crippen LogP contribution in [0.1, 0.15) is 11.3 Å². The Bertz CT molecular complexity index is 809. The molecule has 1 aliphatic rings. The molecule has 1 atom stereocenters. The molecule has 8 nitrogen and oxygen atoms in total. The smallest absolute Gasteiger partial charge is 0.317 e. The number of allylic oxidation sites excluding steroid dienone is 1. The van der Waals surface area contributed by atoms with E-state index in [9.17, 15) is 4.79 Å². The maximum absolute atomic E-state index is 11.4. The van der Waals surface area contributed by atoms with E-state index in [-0.39, 0.29) is 0 Å². The lowest BCUT2D eigenvalue weighted by atomic mass is 10.1. The molecule has 2 heterocycles. The number of benzene rings is 1. The summed E-state index contributed by atoms with van der Waals surface area (Å²) in [6.07, 6.45) is 3.05. The number of methoxy groups -OCH3 is 1. The predicted molar refractivity (Wildman–Crippen MR) is 91.9 cm³/mol. The fourth-order valence-corrected chi connectivity index (χ4v) is 2.44. The number of para-hydroxylation sites is 1. The second kappa shape index (κ2) is 6.55. The van der Waals surface area contributed by atoms with Crippen LogP contribution >= 0.6 is 0 Å². The van der Waals surface area contributed by atoms with Crippen LogP contribution < -0.4 is 16.4 Å². The lowest BCUT2D eigenvalue weighted by Crippen LogP contribution is -2.27. The molecule has 4 N–H and O–H groups in total. The van der Waals surface area contributed by atoms with E-state index in [4.69, 9.17) is 10.5 Å². The van der Waals surface area contributed by atoms with E-state index in [0.29, 0.717) is 11.5 Å². The van der Waals surface area contributed by atoms with Crippen LogP contribution in [0.15, 0.2) is 41.5 Å². The second-order valence-corrected chi connectivity index (χ2v) is 5.19. The van der Waals surface area contributed by atoms with E-state index in [1.54, 1.807) is 24.2 Å². The quantitative estimate of drug-likeness (QED) is 0.793. The van der Waals surface area contributed by atoms with Gasteiger partial charge in [-0.25, -0.2) is 14.5 Å². The summed E-state index contributed by atoms with van der Waals surface area (Å²) >= 11 is 0. The zero-order chi connectivity index (χ0) is 17.1. The molecule has 2 amide bonds. The number of nitrogens with one attached hydrogen (secondary N) is 2. The molecule has 1 aliphatic heterocycles. The van der Waals surface area contributed by atoms with E-state index < -0.39 is 12.4 Å². The van der Waals surface area contributed by atoms with Crippen LogP contribution in [0.4, 0.5) is 10.6 Å². The number of primary amides is 1. The Morgan fingerprint density at radius 3 is 2.71 bits per heavy atom. The number of nitrogens with zero attached hydrogens (tertiary/aromatic N) is 3. The largest absolute Gasteiger partial charge is 0.351 e. The summed E-state index contributed by atoms with van der Waals surface area (Å²) < 4.78 is 6.75. The summed E-state index contributed by atoms with van der Waals surface area (Å²) in [5.41, 5.74) is 8.37. The van der Waals surface area contributed by atoms with Crippen LogP contribution in [0.3, 0.4) is 0 Å². The number of carbonyl (C=O) groups is 1. The van der Waals surface area contributed by atoms with Gasteiger partial charge in [0.05, 0.1) is 5.69 Å². The number of anilines is 1. The van der Waals surface area contributed by atoms with Crippen LogP contribution in [0.2, 0.25) is 0 Å². The number of aliphatic imine (C=N–C) groups is 1. The zero-order valence-electron chi connectivity index (χ0n) is 13.4. The third-order valence-corrected chi connectivity index (χ3v) is 3.59. The van der Waals surface area contributed by atoms with Gasteiger partial charge in [0, 0.05) is 30.7 Å². The van der Waals surface area contributed by atoms with Crippen molar-refractivity contribution in [3.63, 3.8) is 0 Å². The lowest BCUT2D eigenvalue weighted by Gasteiger charge is -2.15. The predicted octanol–water partition coefficient (Wildman–Crippen LogP) is 1.62. The molecule has 1 unspecified atom stereocenters. The van der Waals surface area contributed by atoms with Crippen LogP contribution in [0, 0.1) is 6.92 Å². The molecule has 3 rings (SSSR count). The molecule has 1 aromatic carbocycles. The third kappa shape index (κ3) is 2.99. The maximum atomic E-state index is 11.4. The molecule has 24 heavy (non-hydrogen) atoms. The lowest BCUT2D eigenvalue weighted by molar-refractivity contribution is 0.0934. The van der Waals surface area contributed by atoms with Crippen molar-refractivity contribution < 1.29 is 9.53 Å². The van der Waals surface area contributed by atoms with Gasteiger partial charge >= 0.3 is 6.03 Å². The fourth-order valence-electron chi connectivity index (χ4n) is 2.44. The first-order chi connectivity index (χ1) is 11.6. The monoisotopic (exact) mass is 326 g/mol. The molecular formula is C16H18N6O2. The molecule has 0 aliphatic carbocycles. The Labute approximate surface area is 139 Å². The Hall–Kier alpha value is -3.13. The zero-order valence-corrected chi connectivity index (χ0v) is 13.4. The molecule has 0 fully saturated rings. The van der Waals surface area contributed by atoms with Crippen molar-refractivity contribution in [1.82, 2.24) is 15.1 Å². The standard InChI is InChI=1S/C16H18N6O2/c1-10-13(11-8-18-16(24-2)19-9-11)21-22(14(10)20-15(17)23)12-6-4-3-5-7-12/h3-9,16,18H,1-2H3,(H3,17,20,23). The van der Waals surface area contributed by atoms with Gasteiger partial charge in [0.15, 0.2) is 0 Å². The molecule has 0 radical (unpaired) electrons. The highest BCUT2D eigenvalue weighted by atomic mass is 16.5. The third-order valence-electron chi connectivity index (χ3n) is 3.59. The van der Waals surface area contributed by atoms with E-state index in [1.807, 2.05) is 37.3 Å². The average molecular weight is 326 g/mol. The fraction of sp³-hybridized carbons (Fsp3) is 0.188. The van der Waals surface area contributed by atoms with Crippen LogP contribution in [-0.4, -0.2) is 35.5 Å². The summed E-state index contributed by atoms with van der Waals surface area (Å²) in [6.45, 7) is 1.87. The summed E-state index contributed by atoms with van der Waals surface area (Å²) in [4.78, 5) is 15.6. The number of amides is 2. The number of urea groups is 1. The minimum Gasteiger partial charge on any atom is -0.351 e. The van der Waals surface area contributed by atoms with Crippen molar-refractivity contribution in [3.05, 3.63) is 47.8 Å². The van der Waals surface area contributed by atoms with Gasteiger partial charge in [-0.2, -0.15) is 5.10 Å². The number of ether oxygens (including phenoxy) is 1. The number of rotatable bonds is 4. The molecule has 2 aromatic rings. The summed E-state index contributed by atoms with van der Waals surface area (Å²) in [7, 11) is 1.57. The normalized spacial score (nSPS) is 16.4. The van der Waals surface area contributed by atoms with E-state index >= 15 is 0 Å². The first-order valence-electron chi connectivity index (χ1n) is 7.34. The van der Waals surface area contributed by atoms with Crippen molar-refractivity contribution in [2.45, 2.75) is 13.3 Å². The SMILES string of the molecule is COC1N=CC(c2nn(-c3ccccc3)c(NC(N)=O)c2C)=CN1. The highest BCUT2D eigenvalue weighted by Gasteiger charge is 2.20. The van der Waals surface area contributed by atoms with Crippen molar-refractivity contribution in [1.29, 1.82) is 0 Å². The second-order valence-electron chi connectivity index (χ2n) is 5.19. The molecular weight excluding hydrogens is 308 g/mol. The van der Waals surface area contributed by atoms with E-state index in [1.165, 1.54) is 0 Å². The highest BCUT2D eigenvalue weighted by molar-refractivity contribution is 6.10. The number of hydrogen-bond acceptors (Lipinski definition) is 5. The van der Waals surface area contributed by atoms with E-state index in [0.717, 1.165) is 16.8 Å². The topological polar surface area (TPSA) is 107 Å². The Morgan fingerprint density at radius 1 is 1.38 bits per heavy atom. The van der Waals surface area contributed by atoms with Gasteiger partial charge in [0.2, 0.25) is 6.35 Å². The molecule has 8 heteroatoms. The van der Waals surface area contributed by atoms with E-state index in [2.05, 4.69) is 20.7 Å². The number of carbonyl (C=O) groups excluding carboxylic acids is 1. The van der Waals surface area contributed by atoms with Crippen LogP contribution in [0.5, 0.6) is 0 Å². The van der Waals surface area contributed by atoms with Crippen LogP contribution in [-0.2, 0) is 4.74 Å². The van der Waals surface area contributed by atoms with Gasteiger partial charge < -0.3 is 15.8 Å². The van der Waals surface area contributed by atoms with Gasteiger partial charge in [0.1, 0.15) is 11.5 Å². The Morgan fingerprint density at radius 2 is 2.12 bits per heavy atom. The van der Waals surface area contributed by atoms with Crippen molar-refractivity contribution in [2.24, 2.45) is 10.7 Å². The Kier molecular flexibility index (Phi) is 4.30. The van der Waals surface area contributed by atoms with Crippen molar-refractivity contribution >= 4 is 23.6 Å². The first kappa shape index (κ1) is 15.8. The van der Waals surface area contributed by atoms with Crippen molar-refractivity contribution in [2.75, 3.05) is 12.4 Å². The van der Waals surface area contributed by atoms with Crippen molar-refractivity contribution in [3.8, 4) is 5.69 Å². The Balaban J connectivity index is 2.06. The minimum absolute atomic E-state index is 0.409. The maximum Gasteiger partial charge on any atom is 0.317 e. The summed E-state index contributed by atoms with van der Waals surface area (Å²) in [6, 6.07) is 8.84. The van der Waals surface area contributed by atoms with Crippen LogP contribution in [0.25, 0.3) is 11.3 Å². The molecule has 124 valence electrons.